The Bertz CT molecular complexity index is 674. The molecule has 0 saturated carbocycles. The van der Waals surface area contributed by atoms with Crippen molar-refractivity contribution in [1.82, 2.24) is 9.78 Å². The van der Waals surface area contributed by atoms with Crippen LogP contribution in [-0.2, 0) is 12.8 Å². The minimum absolute atomic E-state index is 0.135. The highest BCUT2D eigenvalue weighted by atomic mass is 35.5. The fraction of sp³-hybridized carbons (Fsp3) is 0.286. The summed E-state index contributed by atoms with van der Waals surface area (Å²) in [5, 5.41) is 14.5. The number of carboxylic acids is 1. The van der Waals surface area contributed by atoms with Crippen LogP contribution in [0, 0.1) is 0 Å². The minimum Gasteiger partial charge on any atom is -0.476 e. The van der Waals surface area contributed by atoms with Gasteiger partial charge in [-0.3, -0.25) is 0 Å². The van der Waals surface area contributed by atoms with Gasteiger partial charge in [0.2, 0.25) is 0 Å². The number of aromatic carboxylic acids is 1. The van der Waals surface area contributed by atoms with E-state index in [9.17, 15) is 9.90 Å². The Kier molecular flexibility index (Phi) is 3.44. The first-order valence-corrected chi connectivity index (χ1v) is 7.12. The van der Waals surface area contributed by atoms with E-state index in [2.05, 4.69) is 5.10 Å². The second-order valence-electron chi connectivity index (χ2n) is 4.83. The molecule has 3 rings (SSSR count). The molecular weight excluding hydrogens is 299 g/mol. The third-order valence-corrected chi connectivity index (χ3v) is 3.91. The van der Waals surface area contributed by atoms with Crippen molar-refractivity contribution in [2.24, 2.45) is 0 Å². The van der Waals surface area contributed by atoms with E-state index in [-0.39, 0.29) is 5.69 Å². The third kappa shape index (κ3) is 2.30. The first kappa shape index (κ1) is 13.5. The molecule has 6 heteroatoms. The highest BCUT2D eigenvalue weighted by Gasteiger charge is 2.25. The Labute approximate surface area is 125 Å². The quantitative estimate of drug-likeness (QED) is 0.919. The largest absolute Gasteiger partial charge is 0.476 e. The van der Waals surface area contributed by atoms with E-state index in [1.165, 1.54) is 0 Å². The van der Waals surface area contributed by atoms with Gasteiger partial charge in [-0.25, -0.2) is 9.48 Å². The molecule has 1 aliphatic rings. The molecule has 1 aliphatic carbocycles. The van der Waals surface area contributed by atoms with Gasteiger partial charge in [0.05, 0.1) is 5.69 Å². The smallest absolute Gasteiger partial charge is 0.356 e. The summed E-state index contributed by atoms with van der Waals surface area (Å²) in [4.78, 5) is 11.3. The summed E-state index contributed by atoms with van der Waals surface area (Å²) in [6.45, 7) is 0. The Morgan fingerprint density at radius 1 is 1.15 bits per heavy atom. The topological polar surface area (TPSA) is 55.1 Å². The fourth-order valence-corrected chi connectivity index (χ4v) is 3.16. The molecule has 0 bridgehead atoms. The second kappa shape index (κ2) is 5.11. The van der Waals surface area contributed by atoms with E-state index < -0.39 is 5.97 Å². The van der Waals surface area contributed by atoms with Crippen LogP contribution in [0.2, 0.25) is 10.0 Å². The monoisotopic (exact) mass is 310 g/mol. The lowest BCUT2D eigenvalue weighted by molar-refractivity contribution is 0.0688. The van der Waals surface area contributed by atoms with Gasteiger partial charge in [-0.05, 0) is 43.9 Å². The van der Waals surface area contributed by atoms with E-state index in [0.717, 1.165) is 36.9 Å². The standard InChI is InChI=1S/C14H12Cl2N2O2/c15-8-5-9(16)7-10(6-8)18-12-4-2-1-3-11(12)13(17-18)14(19)20/h5-7H,1-4H2,(H,19,20). The number of rotatable bonds is 2. The molecule has 2 aromatic rings. The normalized spacial score (nSPS) is 14.1. The van der Waals surface area contributed by atoms with Gasteiger partial charge in [0.1, 0.15) is 0 Å². The number of fused-ring (bicyclic) bond motifs is 1. The van der Waals surface area contributed by atoms with Crippen molar-refractivity contribution in [3.8, 4) is 5.69 Å². The van der Waals surface area contributed by atoms with Gasteiger partial charge in [-0.15, -0.1) is 0 Å². The molecule has 104 valence electrons. The number of benzene rings is 1. The number of carbonyl (C=O) groups is 1. The first-order valence-electron chi connectivity index (χ1n) is 6.37. The van der Waals surface area contributed by atoms with Gasteiger partial charge in [-0.1, -0.05) is 23.2 Å². The van der Waals surface area contributed by atoms with Crippen molar-refractivity contribution >= 4 is 29.2 Å². The van der Waals surface area contributed by atoms with Gasteiger partial charge >= 0.3 is 5.97 Å². The van der Waals surface area contributed by atoms with Crippen LogP contribution in [0.1, 0.15) is 34.6 Å². The zero-order valence-corrected chi connectivity index (χ0v) is 12.1. The summed E-state index contributed by atoms with van der Waals surface area (Å²) >= 11 is 12.0. The maximum Gasteiger partial charge on any atom is 0.356 e. The average molecular weight is 311 g/mol. The summed E-state index contributed by atoms with van der Waals surface area (Å²) in [7, 11) is 0. The van der Waals surface area contributed by atoms with Gasteiger partial charge in [0.25, 0.3) is 0 Å². The molecule has 0 saturated heterocycles. The first-order chi connectivity index (χ1) is 9.56. The second-order valence-corrected chi connectivity index (χ2v) is 5.70. The summed E-state index contributed by atoms with van der Waals surface area (Å²) < 4.78 is 1.66. The third-order valence-electron chi connectivity index (χ3n) is 3.47. The van der Waals surface area contributed by atoms with Crippen LogP contribution in [0.5, 0.6) is 0 Å². The van der Waals surface area contributed by atoms with Gasteiger partial charge < -0.3 is 5.11 Å². The van der Waals surface area contributed by atoms with Crippen LogP contribution in [0.25, 0.3) is 5.69 Å². The molecular formula is C14H12Cl2N2O2. The minimum atomic E-state index is -0.991. The fourth-order valence-electron chi connectivity index (χ4n) is 2.65. The highest BCUT2D eigenvalue weighted by molar-refractivity contribution is 6.34. The lowest BCUT2D eigenvalue weighted by Gasteiger charge is -2.14. The molecule has 1 aromatic heterocycles. The van der Waals surface area contributed by atoms with Gasteiger partial charge in [0, 0.05) is 21.3 Å². The predicted molar refractivity (Wildman–Crippen MR) is 77.2 cm³/mol. The van der Waals surface area contributed by atoms with Crippen LogP contribution in [-0.4, -0.2) is 20.9 Å². The molecule has 0 atom stereocenters. The van der Waals surface area contributed by atoms with E-state index in [4.69, 9.17) is 23.2 Å². The molecule has 20 heavy (non-hydrogen) atoms. The van der Waals surface area contributed by atoms with Crippen LogP contribution in [0.3, 0.4) is 0 Å². The van der Waals surface area contributed by atoms with E-state index in [0.29, 0.717) is 15.7 Å². The Morgan fingerprint density at radius 3 is 2.45 bits per heavy atom. The Morgan fingerprint density at radius 2 is 1.80 bits per heavy atom. The molecule has 0 unspecified atom stereocenters. The lowest BCUT2D eigenvalue weighted by Crippen LogP contribution is -2.08. The van der Waals surface area contributed by atoms with Crippen molar-refractivity contribution in [1.29, 1.82) is 0 Å². The number of hydrogen-bond donors (Lipinski definition) is 1. The summed E-state index contributed by atoms with van der Waals surface area (Å²) in [6, 6.07) is 5.11. The maximum absolute atomic E-state index is 11.3. The van der Waals surface area contributed by atoms with Crippen molar-refractivity contribution in [3.63, 3.8) is 0 Å². The molecule has 0 amide bonds. The molecule has 1 heterocycles. The van der Waals surface area contributed by atoms with Crippen LogP contribution in [0.15, 0.2) is 18.2 Å². The maximum atomic E-state index is 11.3. The molecule has 0 spiro atoms. The summed E-state index contributed by atoms with van der Waals surface area (Å²) in [5.41, 5.74) is 2.62. The molecule has 0 aliphatic heterocycles. The zero-order chi connectivity index (χ0) is 14.3. The number of carboxylic acid groups (broad SMARTS) is 1. The SMILES string of the molecule is O=C(O)c1nn(-c2cc(Cl)cc(Cl)c2)c2c1CCCC2. The number of aromatic nitrogens is 2. The molecule has 4 nitrogen and oxygen atoms in total. The van der Waals surface area contributed by atoms with E-state index in [1.807, 2.05) is 0 Å². The number of hydrogen-bond acceptors (Lipinski definition) is 2. The lowest BCUT2D eigenvalue weighted by atomic mass is 9.95. The van der Waals surface area contributed by atoms with Crippen LogP contribution < -0.4 is 0 Å². The number of halogens is 2. The predicted octanol–water partition coefficient (Wildman–Crippen LogP) is 3.76. The van der Waals surface area contributed by atoms with E-state index >= 15 is 0 Å². The van der Waals surface area contributed by atoms with Crippen molar-refractivity contribution < 1.29 is 9.90 Å². The summed E-state index contributed by atoms with van der Waals surface area (Å²) in [6.07, 6.45) is 3.60. The van der Waals surface area contributed by atoms with Crippen molar-refractivity contribution in [2.45, 2.75) is 25.7 Å². The molecule has 0 fully saturated rings. The molecule has 1 N–H and O–H groups in total. The molecule has 0 radical (unpaired) electrons. The zero-order valence-electron chi connectivity index (χ0n) is 10.6. The van der Waals surface area contributed by atoms with Crippen molar-refractivity contribution in [2.75, 3.05) is 0 Å². The Hall–Kier alpha value is -1.52. The molecule has 1 aromatic carbocycles. The highest BCUT2D eigenvalue weighted by Crippen LogP contribution is 2.29. The van der Waals surface area contributed by atoms with Crippen molar-refractivity contribution in [3.05, 3.63) is 45.2 Å². The number of nitrogens with zero attached hydrogens (tertiary/aromatic N) is 2. The Balaban J connectivity index is 2.20. The van der Waals surface area contributed by atoms with Gasteiger partial charge in [0.15, 0.2) is 5.69 Å². The van der Waals surface area contributed by atoms with E-state index in [1.54, 1.807) is 22.9 Å². The average Bonchev–Trinajstić information content (AvgIpc) is 2.77. The van der Waals surface area contributed by atoms with Crippen LogP contribution >= 0.6 is 23.2 Å². The summed E-state index contributed by atoms with van der Waals surface area (Å²) in [5.74, 6) is -0.991. The van der Waals surface area contributed by atoms with Gasteiger partial charge in [-0.2, -0.15) is 5.10 Å². The van der Waals surface area contributed by atoms with Crippen LogP contribution in [0.4, 0.5) is 0 Å².